The summed E-state index contributed by atoms with van der Waals surface area (Å²) in [5, 5.41) is 1.07. The lowest BCUT2D eigenvalue weighted by Crippen LogP contribution is -2.32. The third-order valence-corrected chi connectivity index (χ3v) is 5.24. The number of rotatable bonds is 1. The molecule has 0 amide bonds. The van der Waals surface area contributed by atoms with Gasteiger partial charge in [-0.2, -0.15) is 0 Å². The van der Waals surface area contributed by atoms with E-state index in [0.717, 1.165) is 33.4 Å². The van der Waals surface area contributed by atoms with E-state index >= 15 is 0 Å². The Kier molecular flexibility index (Phi) is 2.89. The van der Waals surface area contributed by atoms with E-state index in [2.05, 4.69) is 6.07 Å². The summed E-state index contributed by atoms with van der Waals surface area (Å²) in [6.45, 7) is 2.51. The molecule has 5 rings (SSSR count). The molecule has 0 saturated carbocycles. The first-order chi connectivity index (χ1) is 12.2. The number of aromatic nitrogens is 2. The number of cyclic esters (lactones) is 1. The van der Waals surface area contributed by atoms with E-state index in [1.54, 1.807) is 4.57 Å². The Bertz CT molecular complexity index is 1110. The third kappa shape index (κ3) is 1.92. The number of carbonyl (C=O) groups is 1. The van der Waals surface area contributed by atoms with Crippen molar-refractivity contribution in [1.29, 1.82) is 0 Å². The Morgan fingerprint density at radius 3 is 2.92 bits per heavy atom. The summed E-state index contributed by atoms with van der Waals surface area (Å²) in [7, 11) is 0. The first-order valence-corrected chi connectivity index (χ1v) is 8.49. The number of ether oxygens (including phenoxy) is 1. The van der Waals surface area contributed by atoms with Crippen molar-refractivity contribution in [3.63, 3.8) is 0 Å². The number of nitrogens with zero attached hydrogens (tertiary/aromatic N) is 2. The molecule has 2 aliphatic heterocycles. The Balaban J connectivity index is 1.79. The van der Waals surface area contributed by atoms with Crippen molar-refractivity contribution < 1.29 is 9.53 Å². The molecule has 124 valence electrons. The summed E-state index contributed by atoms with van der Waals surface area (Å²) >= 11 is 0. The van der Waals surface area contributed by atoms with Crippen molar-refractivity contribution in [2.45, 2.75) is 32.4 Å². The maximum absolute atomic E-state index is 13.0. The lowest BCUT2D eigenvalue weighted by molar-refractivity contribution is -0.148. The second kappa shape index (κ2) is 5.02. The number of hydrogen-bond acceptors (Lipinski definition) is 4. The average molecular weight is 332 g/mol. The molecule has 0 fully saturated rings. The van der Waals surface area contributed by atoms with Crippen molar-refractivity contribution in [1.82, 2.24) is 9.55 Å². The van der Waals surface area contributed by atoms with E-state index in [9.17, 15) is 9.59 Å². The highest BCUT2D eigenvalue weighted by Gasteiger charge is 2.33. The molecule has 5 heteroatoms. The highest BCUT2D eigenvalue weighted by atomic mass is 16.5. The number of hydrogen-bond donors (Lipinski definition) is 0. The van der Waals surface area contributed by atoms with Gasteiger partial charge in [0.15, 0.2) is 0 Å². The Labute approximate surface area is 143 Å². The van der Waals surface area contributed by atoms with Gasteiger partial charge in [0.25, 0.3) is 5.56 Å². The van der Waals surface area contributed by atoms with E-state index in [4.69, 9.17) is 9.72 Å². The van der Waals surface area contributed by atoms with Crippen LogP contribution >= 0.6 is 0 Å². The van der Waals surface area contributed by atoms with Gasteiger partial charge in [-0.1, -0.05) is 25.1 Å². The molecule has 0 N–H and O–H groups in total. The van der Waals surface area contributed by atoms with Crippen LogP contribution in [0, 0.1) is 0 Å². The van der Waals surface area contributed by atoms with Crippen LogP contribution < -0.4 is 5.56 Å². The predicted molar refractivity (Wildman–Crippen MR) is 93.4 cm³/mol. The van der Waals surface area contributed by atoms with Crippen molar-refractivity contribution in [2.75, 3.05) is 0 Å². The summed E-state index contributed by atoms with van der Waals surface area (Å²) in [5.74, 6) is -0.615. The summed E-state index contributed by atoms with van der Waals surface area (Å²) in [6, 6.07) is 12.0. The molecule has 25 heavy (non-hydrogen) atoms. The molecule has 1 atom stereocenters. The predicted octanol–water partition coefficient (Wildman–Crippen LogP) is 2.98. The van der Waals surface area contributed by atoms with Crippen LogP contribution in [0.1, 0.15) is 36.0 Å². The largest absolute Gasteiger partial charge is 0.460 e. The fraction of sp³-hybridized carbons (Fsp3) is 0.250. The molecular formula is C20H16N2O3. The van der Waals surface area contributed by atoms with Crippen LogP contribution in [0.5, 0.6) is 0 Å². The average Bonchev–Trinajstić information content (AvgIpc) is 2.98. The minimum absolute atomic E-state index is 0.0650. The zero-order chi connectivity index (χ0) is 17.1. The van der Waals surface area contributed by atoms with Crippen molar-refractivity contribution in [3.8, 4) is 11.4 Å². The van der Waals surface area contributed by atoms with Gasteiger partial charge in [-0.05, 0) is 30.2 Å². The fourth-order valence-electron chi connectivity index (χ4n) is 3.95. The maximum atomic E-state index is 13.0. The van der Waals surface area contributed by atoms with Crippen molar-refractivity contribution in [3.05, 3.63) is 63.4 Å². The van der Waals surface area contributed by atoms with Gasteiger partial charge < -0.3 is 9.30 Å². The Morgan fingerprint density at radius 2 is 2.08 bits per heavy atom. The van der Waals surface area contributed by atoms with Gasteiger partial charge in [0.1, 0.15) is 6.61 Å². The Hall–Kier alpha value is -2.95. The first kappa shape index (κ1) is 14.4. The van der Waals surface area contributed by atoms with Gasteiger partial charge in [-0.3, -0.25) is 9.59 Å². The monoisotopic (exact) mass is 332 g/mol. The summed E-state index contributed by atoms with van der Waals surface area (Å²) in [5.41, 5.74) is 4.93. The van der Waals surface area contributed by atoms with Crippen LogP contribution in [0.4, 0.5) is 0 Å². The standard InChI is InChI=1S/C20H16N2O3/c1-2-13-14-8-17-18-12(7-11-5-3-4-6-16(11)21-18)9-22(17)19(23)15(14)10-25-20(13)24/h3-8,13H,2,9-10H2,1H3/t13-/m1/s1. The molecule has 0 radical (unpaired) electrons. The molecule has 3 aromatic rings. The molecule has 2 aliphatic rings. The van der Waals surface area contributed by atoms with Gasteiger partial charge >= 0.3 is 5.97 Å². The molecule has 0 bridgehead atoms. The number of pyridine rings is 2. The Morgan fingerprint density at radius 1 is 1.24 bits per heavy atom. The van der Waals surface area contributed by atoms with E-state index < -0.39 is 0 Å². The molecule has 0 spiro atoms. The fourth-order valence-corrected chi connectivity index (χ4v) is 3.95. The van der Waals surface area contributed by atoms with E-state index in [0.29, 0.717) is 18.5 Å². The van der Waals surface area contributed by atoms with Gasteiger partial charge in [0.2, 0.25) is 0 Å². The van der Waals surface area contributed by atoms with E-state index in [-0.39, 0.29) is 24.1 Å². The summed E-state index contributed by atoms with van der Waals surface area (Å²) < 4.78 is 6.97. The molecule has 4 heterocycles. The lowest BCUT2D eigenvalue weighted by Gasteiger charge is -2.24. The van der Waals surface area contributed by atoms with Crippen LogP contribution in [0.3, 0.4) is 0 Å². The molecule has 2 aromatic heterocycles. The molecule has 0 saturated heterocycles. The van der Waals surface area contributed by atoms with Crippen LogP contribution in [0.15, 0.2) is 41.2 Å². The number of carbonyl (C=O) groups excluding carboxylic acids is 1. The minimum atomic E-state index is -0.369. The number of para-hydroxylation sites is 1. The number of benzene rings is 1. The normalized spacial score (nSPS) is 17.8. The topological polar surface area (TPSA) is 61.2 Å². The SMILES string of the molecule is CC[C@H]1C(=O)OCc2c1cc1n(c2=O)Cc2cc3ccccc3nc2-1. The minimum Gasteiger partial charge on any atom is -0.460 e. The van der Waals surface area contributed by atoms with Crippen LogP contribution in [0.25, 0.3) is 22.3 Å². The van der Waals surface area contributed by atoms with E-state index in [1.807, 2.05) is 37.3 Å². The summed E-state index contributed by atoms with van der Waals surface area (Å²) in [6.07, 6.45) is 0.618. The third-order valence-electron chi connectivity index (χ3n) is 5.24. The van der Waals surface area contributed by atoms with Crippen molar-refractivity contribution in [2.24, 2.45) is 0 Å². The number of fused-ring (bicyclic) bond motifs is 5. The maximum Gasteiger partial charge on any atom is 0.313 e. The zero-order valence-electron chi connectivity index (χ0n) is 13.8. The summed E-state index contributed by atoms with van der Waals surface area (Å²) in [4.78, 5) is 29.8. The highest BCUT2D eigenvalue weighted by Crippen LogP contribution is 2.36. The molecule has 0 aliphatic carbocycles. The lowest BCUT2D eigenvalue weighted by atomic mass is 9.90. The molecule has 1 aromatic carbocycles. The molecule has 5 nitrogen and oxygen atoms in total. The number of esters is 1. The van der Waals surface area contributed by atoms with Gasteiger partial charge in [0, 0.05) is 10.9 Å². The quantitative estimate of drug-likeness (QED) is 0.503. The highest BCUT2D eigenvalue weighted by molar-refractivity contribution is 5.85. The molecule has 0 unspecified atom stereocenters. The van der Waals surface area contributed by atoms with Crippen molar-refractivity contribution >= 4 is 16.9 Å². The molecular weight excluding hydrogens is 316 g/mol. The first-order valence-electron chi connectivity index (χ1n) is 8.49. The second-order valence-electron chi connectivity index (χ2n) is 6.61. The zero-order valence-corrected chi connectivity index (χ0v) is 13.8. The van der Waals surface area contributed by atoms with Gasteiger partial charge in [-0.25, -0.2) is 4.98 Å². The van der Waals surface area contributed by atoms with Crippen LogP contribution in [-0.4, -0.2) is 15.5 Å². The van der Waals surface area contributed by atoms with E-state index in [1.165, 1.54) is 0 Å². The van der Waals surface area contributed by atoms with Gasteiger partial charge in [0.05, 0.1) is 34.9 Å². The smallest absolute Gasteiger partial charge is 0.313 e. The second-order valence-corrected chi connectivity index (χ2v) is 6.61. The van der Waals surface area contributed by atoms with Gasteiger partial charge in [-0.15, -0.1) is 0 Å². The van der Waals surface area contributed by atoms with Crippen LogP contribution in [-0.2, 0) is 22.7 Å². The van der Waals surface area contributed by atoms with Crippen LogP contribution in [0.2, 0.25) is 0 Å².